The van der Waals surface area contributed by atoms with Crippen molar-refractivity contribution in [1.82, 2.24) is 5.32 Å². The number of amides is 1. The molecule has 0 bridgehead atoms. The first-order chi connectivity index (χ1) is 9.13. The molecule has 0 saturated heterocycles. The fourth-order valence-corrected chi connectivity index (χ4v) is 1.31. The van der Waals surface area contributed by atoms with E-state index in [1.165, 1.54) is 6.07 Å². The molecule has 0 aliphatic carbocycles. The number of para-hydroxylation sites is 2. The minimum Gasteiger partial charge on any atom is -0.504 e. The van der Waals surface area contributed by atoms with Crippen molar-refractivity contribution in [1.29, 1.82) is 0 Å². The van der Waals surface area contributed by atoms with Gasteiger partial charge in [0.15, 0.2) is 18.1 Å². The summed E-state index contributed by atoms with van der Waals surface area (Å²) < 4.78 is 9.84. The maximum Gasteiger partial charge on any atom is 0.307 e. The van der Waals surface area contributed by atoms with E-state index in [9.17, 15) is 14.7 Å². The van der Waals surface area contributed by atoms with Gasteiger partial charge < -0.3 is 19.9 Å². The van der Waals surface area contributed by atoms with E-state index in [4.69, 9.17) is 9.47 Å². The summed E-state index contributed by atoms with van der Waals surface area (Å²) >= 11 is 0. The maximum atomic E-state index is 11.4. The highest BCUT2D eigenvalue weighted by Gasteiger charge is 2.07. The van der Waals surface area contributed by atoms with Crippen molar-refractivity contribution in [3.05, 3.63) is 24.3 Å². The summed E-state index contributed by atoms with van der Waals surface area (Å²) in [6.07, 6.45) is 0.121. The molecule has 0 fully saturated rings. The van der Waals surface area contributed by atoms with Gasteiger partial charge in [0.05, 0.1) is 13.0 Å². The highest BCUT2D eigenvalue weighted by molar-refractivity contribution is 5.78. The predicted octanol–water partition coefficient (Wildman–Crippen LogP) is 0.840. The fourth-order valence-electron chi connectivity index (χ4n) is 1.31. The van der Waals surface area contributed by atoms with Gasteiger partial charge in [-0.15, -0.1) is 0 Å². The fraction of sp³-hybridized carbons (Fsp3) is 0.385. The lowest BCUT2D eigenvalue weighted by Crippen LogP contribution is -2.31. The zero-order valence-corrected chi connectivity index (χ0v) is 10.7. The number of carbonyl (C=O) groups is 2. The Morgan fingerprint density at radius 2 is 2.05 bits per heavy atom. The maximum absolute atomic E-state index is 11.4. The Balaban J connectivity index is 2.22. The van der Waals surface area contributed by atoms with Crippen LogP contribution < -0.4 is 10.1 Å². The standard InChI is InChI=1S/C13H17NO5/c1-2-18-13(17)7-8-14-12(16)9-19-11-6-4-3-5-10(11)15/h3-6,15H,2,7-9H2,1H3,(H,14,16). The number of ether oxygens (including phenoxy) is 2. The van der Waals surface area contributed by atoms with Gasteiger partial charge in [-0.2, -0.15) is 0 Å². The van der Waals surface area contributed by atoms with E-state index in [-0.39, 0.29) is 42.9 Å². The van der Waals surface area contributed by atoms with Crippen molar-refractivity contribution in [2.45, 2.75) is 13.3 Å². The first-order valence-electron chi connectivity index (χ1n) is 5.96. The molecule has 0 unspecified atom stereocenters. The lowest BCUT2D eigenvalue weighted by molar-refractivity contribution is -0.143. The van der Waals surface area contributed by atoms with E-state index in [0.29, 0.717) is 6.61 Å². The molecule has 0 atom stereocenters. The van der Waals surface area contributed by atoms with Gasteiger partial charge in [-0.05, 0) is 19.1 Å². The molecule has 6 nitrogen and oxygen atoms in total. The second kappa shape index (κ2) is 7.97. The average Bonchev–Trinajstić information content (AvgIpc) is 2.38. The summed E-state index contributed by atoms with van der Waals surface area (Å²) in [6.45, 7) is 2.02. The van der Waals surface area contributed by atoms with E-state index in [0.717, 1.165) is 0 Å². The molecule has 0 aromatic heterocycles. The molecule has 0 aliphatic heterocycles. The number of hydrogen-bond acceptors (Lipinski definition) is 5. The number of aromatic hydroxyl groups is 1. The molecule has 2 N–H and O–H groups in total. The molecule has 0 radical (unpaired) electrons. The zero-order valence-electron chi connectivity index (χ0n) is 10.7. The molecule has 1 rings (SSSR count). The molecule has 104 valence electrons. The molecule has 1 aromatic rings. The SMILES string of the molecule is CCOC(=O)CCNC(=O)COc1ccccc1O. The van der Waals surface area contributed by atoms with E-state index in [1.54, 1.807) is 25.1 Å². The van der Waals surface area contributed by atoms with Crippen LogP contribution in [0.15, 0.2) is 24.3 Å². The Kier molecular flexibility index (Phi) is 6.21. The van der Waals surface area contributed by atoms with Crippen LogP contribution in [-0.4, -0.2) is 36.7 Å². The highest BCUT2D eigenvalue weighted by atomic mass is 16.5. The van der Waals surface area contributed by atoms with Crippen LogP contribution in [0.25, 0.3) is 0 Å². The number of carbonyl (C=O) groups excluding carboxylic acids is 2. The third-order valence-corrected chi connectivity index (χ3v) is 2.18. The van der Waals surface area contributed by atoms with Crippen LogP contribution >= 0.6 is 0 Å². The van der Waals surface area contributed by atoms with E-state index in [2.05, 4.69) is 5.32 Å². The van der Waals surface area contributed by atoms with E-state index >= 15 is 0 Å². The monoisotopic (exact) mass is 267 g/mol. The largest absolute Gasteiger partial charge is 0.504 e. The van der Waals surface area contributed by atoms with E-state index in [1.807, 2.05) is 0 Å². The van der Waals surface area contributed by atoms with Crippen molar-refractivity contribution in [2.75, 3.05) is 19.8 Å². The lowest BCUT2D eigenvalue weighted by atomic mass is 10.3. The third kappa shape index (κ3) is 5.76. The molecule has 1 aromatic carbocycles. The smallest absolute Gasteiger partial charge is 0.307 e. The third-order valence-electron chi connectivity index (χ3n) is 2.18. The van der Waals surface area contributed by atoms with Crippen LogP contribution in [0.1, 0.15) is 13.3 Å². The molecule has 1 amide bonds. The minimum atomic E-state index is -0.368. The van der Waals surface area contributed by atoms with Crippen molar-refractivity contribution in [2.24, 2.45) is 0 Å². The lowest BCUT2D eigenvalue weighted by Gasteiger charge is -2.08. The zero-order chi connectivity index (χ0) is 14.1. The van der Waals surface area contributed by atoms with Crippen LogP contribution in [0, 0.1) is 0 Å². The summed E-state index contributed by atoms with van der Waals surface area (Å²) in [7, 11) is 0. The van der Waals surface area contributed by atoms with Crippen LogP contribution in [0.3, 0.4) is 0 Å². The van der Waals surface area contributed by atoms with Crippen molar-refractivity contribution in [3.63, 3.8) is 0 Å². The van der Waals surface area contributed by atoms with Gasteiger partial charge in [-0.3, -0.25) is 9.59 Å². The summed E-state index contributed by atoms with van der Waals surface area (Å²) in [5, 5.41) is 11.9. The topological polar surface area (TPSA) is 84.9 Å². The Morgan fingerprint density at radius 1 is 1.32 bits per heavy atom. The van der Waals surface area contributed by atoms with E-state index < -0.39 is 0 Å². The van der Waals surface area contributed by atoms with Gasteiger partial charge in [0.25, 0.3) is 5.91 Å². The van der Waals surface area contributed by atoms with Crippen LogP contribution in [0.5, 0.6) is 11.5 Å². The molecule has 0 saturated carbocycles. The molecular weight excluding hydrogens is 250 g/mol. The predicted molar refractivity (Wildman–Crippen MR) is 67.9 cm³/mol. The summed E-state index contributed by atoms with van der Waals surface area (Å²) in [6, 6.07) is 6.37. The first-order valence-corrected chi connectivity index (χ1v) is 5.96. The van der Waals surface area contributed by atoms with Gasteiger partial charge in [-0.1, -0.05) is 12.1 Å². The Bertz CT molecular complexity index is 433. The number of hydrogen-bond donors (Lipinski definition) is 2. The summed E-state index contributed by atoms with van der Waals surface area (Å²) in [5.74, 6) is -0.512. The number of benzene rings is 1. The van der Waals surface area contributed by atoms with Gasteiger partial charge in [-0.25, -0.2) is 0 Å². The number of nitrogens with one attached hydrogen (secondary N) is 1. The second-order valence-electron chi connectivity index (χ2n) is 3.66. The number of phenols is 1. The van der Waals surface area contributed by atoms with Gasteiger partial charge >= 0.3 is 5.97 Å². The normalized spacial score (nSPS) is 9.74. The average molecular weight is 267 g/mol. The second-order valence-corrected chi connectivity index (χ2v) is 3.66. The molecule has 0 heterocycles. The quantitative estimate of drug-likeness (QED) is 0.715. The summed E-state index contributed by atoms with van der Waals surface area (Å²) in [4.78, 5) is 22.4. The Hall–Kier alpha value is -2.24. The van der Waals surface area contributed by atoms with Crippen molar-refractivity contribution < 1.29 is 24.2 Å². The van der Waals surface area contributed by atoms with Crippen LogP contribution in [0.4, 0.5) is 0 Å². The summed E-state index contributed by atoms with van der Waals surface area (Å²) in [5.41, 5.74) is 0. The molecule has 6 heteroatoms. The Labute approximate surface area is 111 Å². The van der Waals surface area contributed by atoms with Gasteiger partial charge in [0.1, 0.15) is 0 Å². The molecular formula is C13H17NO5. The first kappa shape index (κ1) is 14.8. The highest BCUT2D eigenvalue weighted by Crippen LogP contribution is 2.23. The Morgan fingerprint density at radius 3 is 2.74 bits per heavy atom. The molecule has 0 spiro atoms. The molecule has 19 heavy (non-hydrogen) atoms. The molecule has 0 aliphatic rings. The van der Waals surface area contributed by atoms with Crippen molar-refractivity contribution >= 4 is 11.9 Å². The van der Waals surface area contributed by atoms with Gasteiger partial charge in [0.2, 0.25) is 0 Å². The van der Waals surface area contributed by atoms with Gasteiger partial charge in [0, 0.05) is 6.54 Å². The number of esters is 1. The van der Waals surface area contributed by atoms with Crippen molar-refractivity contribution in [3.8, 4) is 11.5 Å². The number of phenolic OH excluding ortho intramolecular Hbond substituents is 1. The van der Waals surface area contributed by atoms with Crippen LogP contribution in [0.2, 0.25) is 0 Å². The minimum absolute atomic E-state index is 0.0261. The van der Waals surface area contributed by atoms with Crippen LogP contribution in [-0.2, 0) is 14.3 Å². The number of rotatable bonds is 7.